The van der Waals surface area contributed by atoms with E-state index >= 15 is 0 Å². The Kier molecular flexibility index (Phi) is 7.30. The zero-order valence-electron chi connectivity index (χ0n) is 15.5. The molecule has 1 aliphatic rings. The molecular weight excluding hydrogens is 346 g/mol. The smallest absolute Gasteiger partial charge is 0.129 e. The highest BCUT2D eigenvalue weighted by Gasteiger charge is 2.15. The van der Waals surface area contributed by atoms with Crippen LogP contribution in [0.1, 0.15) is 30.9 Å². The van der Waals surface area contributed by atoms with E-state index in [2.05, 4.69) is 46.4 Å². The molecule has 1 aromatic heterocycles. The Morgan fingerprint density at radius 2 is 1.92 bits per heavy atom. The van der Waals surface area contributed by atoms with Crippen LogP contribution in [0.4, 0.5) is 0 Å². The summed E-state index contributed by atoms with van der Waals surface area (Å²) in [6, 6.07) is 12.1. The van der Waals surface area contributed by atoms with Gasteiger partial charge in [-0.2, -0.15) is 0 Å². The van der Waals surface area contributed by atoms with Gasteiger partial charge >= 0.3 is 0 Å². The van der Waals surface area contributed by atoms with E-state index in [1.165, 1.54) is 31.5 Å². The molecule has 2 heterocycles. The number of nitrogens with zero attached hydrogens (tertiary/aromatic N) is 2. The summed E-state index contributed by atoms with van der Waals surface area (Å²) in [4.78, 5) is 6.60. The van der Waals surface area contributed by atoms with E-state index in [0.29, 0.717) is 5.15 Å². The van der Waals surface area contributed by atoms with Crippen LogP contribution < -0.4 is 10.1 Å². The van der Waals surface area contributed by atoms with Gasteiger partial charge in [-0.05, 0) is 54.6 Å². The predicted octanol–water partition coefficient (Wildman–Crippen LogP) is 4.14. The fourth-order valence-electron chi connectivity index (χ4n) is 3.35. The Hall–Kier alpha value is -1.62. The Morgan fingerprint density at radius 3 is 2.65 bits per heavy atom. The molecule has 0 aliphatic carbocycles. The average molecular weight is 374 g/mol. The van der Waals surface area contributed by atoms with Gasteiger partial charge in [-0.3, -0.25) is 4.90 Å². The average Bonchev–Trinajstić information content (AvgIpc) is 2.65. The zero-order chi connectivity index (χ0) is 18.2. The Bertz CT molecular complexity index is 660. The first-order valence-corrected chi connectivity index (χ1v) is 9.82. The maximum absolute atomic E-state index is 5.90. The molecule has 4 nitrogen and oxygen atoms in total. The topological polar surface area (TPSA) is 37.4 Å². The third-order valence-electron chi connectivity index (χ3n) is 4.79. The van der Waals surface area contributed by atoms with Gasteiger partial charge < -0.3 is 10.1 Å². The minimum absolute atomic E-state index is 0.527. The number of likely N-dealkylation sites (tertiary alicyclic amines) is 1. The van der Waals surface area contributed by atoms with E-state index in [9.17, 15) is 0 Å². The normalized spacial score (nSPS) is 18.0. The highest BCUT2D eigenvalue weighted by atomic mass is 35.5. The minimum atomic E-state index is 0.527. The second kappa shape index (κ2) is 9.91. The third kappa shape index (κ3) is 6.27. The van der Waals surface area contributed by atoms with Gasteiger partial charge in [0, 0.05) is 32.4 Å². The molecule has 1 fully saturated rings. The van der Waals surface area contributed by atoms with Crippen LogP contribution in [0.3, 0.4) is 0 Å². The molecule has 0 saturated carbocycles. The van der Waals surface area contributed by atoms with Gasteiger partial charge in [0.25, 0.3) is 0 Å². The van der Waals surface area contributed by atoms with Crippen LogP contribution in [-0.2, 0) is 13.1 Å². The summed E-state index contributed by atoms with van der Waals surface area (Å²) in [5, 5.41) is 3.94. The Morgan fingerprint density at radius 1 is 1.15 bits per heavy atom. The summed E-state index contributed by atoms with van der Waals surface area (Å²) in [6.45, 7) is 8.11. The molecule has 1 saturated heterocycles. The number of aromatic nitrogens is 1. The molecule has 5 heteroatoms. The molecule has 2 aromatic rings. The van der Waals surface area contributed by atoms with Crippen LogP contribution in [-0.4, -0.2) is 36.1 Å². The molecule has 0 bridgehead atoms. The number of rotatable bonds is 8. The first-order chi connectivity index (χ1) is 12.7. The second-order valence-electron chi connectivity index (χ2n) is 7.13. The van der Waals surface area contributed by atoms with E-state index in [1.54, 1.807) is 6.20 Å². The van der Waals surface area contributed by atoms with Crippen molar-refractivity contribution in [2.24, 2.45) is 5.92 Å². The number of halogens is 1. The number of piperidine rings is 1. The number of pyridine rings is 1. The van der Waals surface area contributed by atoms with E-state index in [4.69, 9.17) is 16.3 Å². The fourth-order valence-corrected chi connectivity index (χ4v) is 3.46. The lowest BCUT2D eigenvalue weighted by Gasteiger charge is -2.30. The molecule has 3 rings (SSSR count). The lowest BCUT2D eigenvalue weighted by Crippen LogP contribution is -2.37. The Labute approximate surface area is 161 Å². The van der Waals surface area contributed by atoms with Crippen molar-refractivity contribution in [3.8, 4) is 5.75 Å². The van der Waals surface area contributed by atoms with Gasteiger partial charge in [0.1, 0.15) is 17.5 Å². The molecule has 1 aromatic carbocycles. The molecule has 0 amide bonds. The summed E-state index contributed by atoms with van der Waals surface area (Å²) >= 11 is 5.80. The van der Waals surface area contributed by atoms with Crippen LogP contribution in [0.15, 0.2) is 42.6 Å². The summed E-state index contributed by atoms with van der Waals surface area (Å²) in [7, 11) is 0. The number of benzene rings is 1. The SMILES string of the molecule is CC1CCCN(CCOc2ccc(CNCc3ccc(Cl)nc3)cc2)C1. The molecule has 0 radical (unpaired) electrons. The van der Waals surface area contributed by atoms with E-state index in [0.717, 1.165) is 43.5 Å². The summed E-state index contributed by atoms with van der Waals surface area (Å²) in [6.07, 6.45) is 4.48. The molecule has 140 valence electrons. The summed E-state index contributed by atoms with van der Waals surface area (Å²) in [5.41, 5.74) is 2.37. The number of hydrogen-bond donors (Lipinski definition) is 1. The third-order valence-corrected chi connectivity index (χ3v) is 5.01. The van der Waals surface area contributed by atoms with Crippen molar-refractivity contribution in [1.29, 1.82) is 0 Å². The maximum atomic E-state index is 5.90. The van der Waals surface area contributed by atoms with Gasteiger partial charge in [0.15, 0.2) is 0 Å². The minimum Gasteiger partial charge on any atom is -0.492 e. The quantitative estimate of drug-likeness (QED) is 0.706. The maximum Gasteiger partial charge on any atom is 0.129 e. The number of ether oxygens (including phenoxy) is 1. The van der Waals surface area contributed by atoms with Crippen LogP contribution in [0.5, 0.6) is 5.75 Å². The van der Waals surface area contributed by atoms with E-state index in [-0.39, 0.29) is 0 Å². The number of nitrogens with one attached hydrogen (secondary N) is 1. The van der Waals surface area contributed by atoms with Gasteiger partial charge in [-0.15, -0.1) is 0 Å². The standard InChI is InChI=1S/C21H28ClN3O/c1-17-3-2-10-25(16-17)11-12-26-20-7-4-18(5-8-20)13-23-14-19-6-9-21(22)24-15-19/h4-9,15,17,23H,2-3,10-14,16H2,1H3. The molecule has 1 unspecified atom stereocenters. The van der Waals surface area contributed by atoms with Gasteiger partial charge in [-0.25, -0.2) is 4.98 Å². The van der Waals surface area contributed by atoms with Gasteiger partial charge in [0.2, 0.25) is 0 Å². The van der Waals surface area contributed by atoms with E-state index < -0.39 is 0 Å². The lowest BCUT2D eigenvalue weighted by atomic mass is 10.0. The zero-order valence-corrected chi connectivity index (χ0v) is 16.2. The molecule has 1 atom stereocenters. The van der Waals surface area contributed by atoms with Crippen molar-refractivity contribution in [2.45, 2.75) is 32.9 Å². The van der Waals surface area contributed by atoms with Crippen LogP contribution in [0.25, 0.3) is 0 Å². The molecular formula is C21H28ClN3O. The fraction of sp³-hybridized carbons (Fsp3) is 0.476. The summed E-state index contributed by atoms with van der Waals surface area (Å²) < 4.78 is 5.90. The Balaban J connectivity index is 1.35. The molecule has 26 heavy (non-hydrogen) atoms. The largest absolute Gasteiger partial charge is 0.492 e. The van der Waals surface area contributed by atoms with Gasteiger partial charge in [0.05, 0.1) is 0 Å². The van der Waals surface area contributed by atoms with Gasteiger partial charge in [-0.1, -0.05) is 36.7 Å². The van der Waals surface area contributed by atoms with E-state index in [1.807, 2.05) is 12.1 Å². The second-order valence-corrected chi connectivity index (χ2v) is 7.52. The van der Waals surface area contributed by atoms with Crippen LogP contribution in [0.2, 0.25) is 5.15 Å². The van der Waals surface area contributed by atoms with Crippen molar-refractivity contribution in [1.82, 2.24) is 15.2 Å². The van der Waals surface area contributed by atoms with Crippen molar-refractivity contribution < 1.29 is 4.74 Å². The lowest BCUT2D eigenvalue weighted by molar-refractivity contribution is 0.153. The van der Waals surface area contributed by atoms with Crippen molar-refractivity contribution in [3.63, 3.8) is 0 Å². The molecule has 1 N–H and O–H groups in total. The first-order valence-electron chi connectivity index (χ1n) is 9.44. The highest BCUT2D eigenvalue weighted by molar-refractivity contribution is 6.29. The van der Waals surface area contributed by atoms with Crippen molar-refractivity contribution in [2.75, 3.05) is 26.2 Å². The monoisotopic (exact) mass is 373 g/mol. The predicted molar refractivity (Wildman–Crippen MR) is 107 cm³/mol. The molecule has 1 aliphatic heterocycles. The summed E-state index contributed by atoms with van der Waals surface area (Å²) in [5.74, 6) is 1.76. The van der Waals surface area contributed by atoms with Crippen LogP contribution >= 0.6 is 11.6 Å². The van der Waals surface area contributed by atoms with Crippen LogP contribution in [0, 0.1) is 5.92 Å². The highest BCUT2D eigenvalue weighted by Crippen LogP contribution is 2.16. The van der Waals surface area contributed by atoms with Crippen molar-refractivity contribution >= 4 is 11.6 Å². The molecule has 0 spiro atoms. The first kappa shape index (κ1) is 19.2. The van der Waals surface area contributed by atoms with Crippen molar-refractivity contribution in [3.05, 3.63) is 58.9 Å². The number of hydrogen-bond acceptors (Lipinski definition) is 4.